The first-order valence-corrected chi connectivity index (χ1v) is 9.65. The average Bonchev–Trinajstić information content (AvgIpc) is 3.26. The lowest BCUT2D eigenvalue weighted by Gasteiger charge is -2.12. The summed E-state index contributed by atoms with van der Waals surface area (Å²) in [5, 5.41) is 12.0. The van der Waals surface area contributed by atoms with Crippen molar-refractivity contribution in [2.24, 2.45) is 5.92 Å². The first-order valence-electron chi connectivity index (χ1n) is 9.65. The highest BCUT2D eigenvalue weighted by atomic mass is 16.5. The number of aromatic nitrogens is 1. The maximum atomic E-state index is 12.2. The maximum absolute atomic E-state index is 12.2. The smallest absolute Gasteiger partial charge is 0.349 e. The van der Waals surface area contributed by atoms with Crippen molar-refractivity contribution in [1.29, 1.82) is 5.26 Å². The van der Waals surface area contributed by atoms with E-state index in [0.29, 0.717) is 19.1 Å². The van der Waals surface area contributed by atoms with Crippen LogP contribution in [0.1, 0.15) is 43.6 Å². The van der Waals surface area contributed by atoms with Gasteiger partial charge in [0.25, 0.3) is 5.91 Å². The number of carbonyl (C=O) groups excluding carboxylic acids is 2. The van der Waals surface area contributed by atoms with Crippen molar-refractivity contribution in [3.05, 3.63) is 28.6 Å². The minimum absolute atomic E-state index is 0.0234. The first-order chi connectivity index (χ1) is 13.3. The van der Waals surface area contributed by atoms with Gasteiger partial charge >= 0.3 is 5.97 Å². The van der Waals surface area contributed by atoms with Gasteiger partial charge in [-0.15, -0.1) is 0 Å². The summed E-state index contributed by atoms with van der Waals surface area (Å²) in [4.78, 5) is 24.0. The van der Waals surface area contributed by atoms with Crippen LogP contribution in [0.5, 0.6) is 0 Å². The molecule has 1 N–H and O–H groups in total. The molecule has 152 valence electrons. The second-order valence-electron chi connectivity index (χ2n) is 7.52. The second kappa shape index (κ2) is 10.1. The molecule has 7 nitrogen and oxygen atoms in total. The van der Waals surface area contributed by atoms with Gasteiger partial charge in [-0.25, -0.2) is 4.79 Å². The molecule has 7 heteroatoms. The highest BCUT2D eigenvalue weighted by Gasteiger charge is 2.18. The van der Waals surface area contributed by atoms with E-state index in [9.17, 15) is 14.9 Å². The van der Waals surface area contributed by atoms with Crippen LogP contribution in [0.15, 0.2) is 11.6 Å². The van der Waals surface area contributed by atoms with E-state index in [1.165, 1.54) is 6.08 Å². The molecular formula is C21H29N3O4. The molecule has 0 spiro atoms. The lowest BCUT2D eigenvalue weighted by atomic mass is 10.1. The van der Waals surface area contributed by atoms with Crippen LogP contribution in [-0.2, 0) is 25.6 Å². The van der Waals surface area contributed by atoms with Gasteiger partial charge in [0.1, 0.15) is 11.6 Å². The van der Waals surface area contributed by atoms with Crippen LogP contribution in [0, 0.1) is 31.1 Å². The van der Waals surface area contributed by atoms with Crippen LogP contribution in [0.4, 0.5) is 0 Å². The summed E-state index contributed by atoms with van der Waals surface area (Å²) in [6.45, 7) is 9.78. The van der Waals surface area contributed by atoms with Gasteiger partial charge in [-0.1, -0.05) is 13.8 Å². The van der Waals surface area contributed by atoms with Crippen molar-refractivity contribution in [2.45, 2.75) is 53.2 Å². The third-order valence-corrected chi connectivity index (χ3v) is 4.69. The number of rotatable bonds is 8. The van der Waals surface area contributed by atoms with E-state index in [4.69, 9.17) is 9.47 Å². The summed E-state index contributed by atoms with van der Waals surface area (Å²) < 4.78 is 12.6. The van der Waals surface area contributed by atoms with Crippen molar-refractivity contribution in [1.82, 2.24) is 9.88 Å². The third-order valence-electron chi connectivity index (χ3n) is 4.69. The molecule has 1 aliphatic heterocycles. The summed E-state index contributed by atoms with van der Waals surface area (Å²) in [6.07, 6.45) is 3.45. The first kappa shape index (κ1) is 21.7. The third kappa shape index (κ3) is 5.96. The molecule has 1 atom stereocenters. The van der Waals surface area contributed by atoms with Crippen molar-refractivity contribution >= 4 is 18.0 Å². The highest BCUT2D eigenvalue weighted by Crippen LogP contribution is 2.20. The van der Waals surface area contributed by atoms with Gasteiger partial charge in [0.05, 0.1) is 6.10 Å². The van der Waals surface area contributed by atoms with Gasteiger partial charge in [0.15, 0.2) is 6.61 Å². The number of aryl methyl sites for hydroxylation is 1. The van der Waals surface area contributed by atoms with Crippen LogP contribution >= 0.6 is 0 Å². The molecule has 28 heavy (non-hydrogen) atoms. The van der Waals surface area contributed by atoms with Gasteiger partial charge in [-0.3, -0.25) is 4.79 Å². The molecule has 1 fully saturated rings. The second-order valence-corrected chi connectivity index (χ2v) is 7.52. The Bertz CT molecular complexity index is 780. The molecule has 0 bridgehead atoms. The van der Waals surface area contributed by atoms with Crippen molar-refractivity contribution in [3.8, 4) is 6.07 Å². The van der Waals surface area contributed by atoms with E-state index in [1.807, 2.05) is 26.0 Å². The Balaban J connectivity index is 1.95. The molecule has 0 radical (unpaired) electrons. The lowest BCUT2D eigenvalue weighted by molar-refractivity contribution is -0.144. The molecule has 2 rings (SSSR count). The van der Waals surface area contributed by atoms with Gasteiger partial charge in [-0.05, 0) is 50.3 Å². The SMILES string of the molecule is Cc1cc(/C=C(\C#N)C(=O)OCC(=O)NC[C@H]2CCCO2)c(C)n1CC(C)C. The Labute approximate surface area is 166 Å². The number of hydrogen-bond acceptors (Lipinski definition) is 5. The molecule has 1 aliphatic rings. The van der Waals surface area contributed by atoms with Gasteiger partial charge in [0.2, 0.25) is 0 Å². The van der Waals surface area contributed by atoms with Crippen molar-refractivity contribution in [2.75, 3.05) is 19.8 Å². The molecule has 0 aliphatic carbocycles. The van der Waals surface area contributed by atoms with Crippen LogP contribution in [0.2, 0.25) is 0 Å². The normalized spacial score (nSPS) is 16.9. The standard InChI is InChI=1S/C21H29N3O4/c1-14(2)12-24-15(3)8-17(16(24)4)9-18(10-22)21(26)28-13-20(25)23-11-19-6-5-7-27-19/h8-9,14,19H,5-7,11-13H2,1-4H3,(H,23,25)/b18-9+/t19-/m1/s1. The molecule has 0 unspecified atom stereocenters. The zero-order chi connectivity index (χ0) is 20.7. The molecule has 2 heterocycles. The summed E-state index contributed by atoms with van der Waals surface area (Å²) in [7, 11) is 0. The summed E-state index contributed by atoms with van der Waals surface area (Å²) in [6, 6.07) is 3.81. The quantitative estimate of drug-likeness (QED) is 0.420. The lowest BCUT2D eigenvalue weighted by Crippen LogP contribution is -2.34. The molecule has 1 aromatic rings. The predicted octanol–water partition coefficient (Wildman–Crippen LogP) is 2.51. The Hall–Kier alpha value is -2.59. The molecular weight excluding hydrogens is 358 g/mol. The highest BCUT2D eigenvalue weighted by molar-refractivity contribution is 5.99. The zero-order valence-corrected chi connectivity index (χ0v) is 17.1. The van der Waals surface area contributed by atoms with E-state index in [1.54, 1.807) is 0 Å². The summed E-state index contributed by atoms with van der Waals surface area (Å²) in [5.41, 5.74) is 2.73. The fourth-order valence-electron chi connectivity index (χ4n) is 3.21. The Morgan fingerprint density at radius 3 is 2.82 bits per heavy atom. The molecule has 1 saturated heterocycles. The maximum Gasteiger partial charge on any atom is 0.349 e. The molecule has 1 amide bonds. The van der Waals surface area contributed by atoms with E-state index in [0.717, 1.165) is 36.3 Å². The summed E-state index contributed by atoms with van der Waals surface area (Å²) in [5.74, 6) is -0.727. The Morgan fingerprint density at radius 1 is 1.46 bits per heavy atom. The number of nitriles is 1. The number of nitrogens with one attached hydrogen (secondary N) is 1. The fraction of sp³-hybridized carbons (Fsp3) is 0.571. The number of hydrogen-bond donors (Lipinski definition) is 1. The van der Waals surface area contributed by atoms with Crippen LogP contribution < -0.4 is 5.32 Å². The number of nitrogens with zero attached hydrogens (tertiary/aromatic N) is 2. The van der Waals surface area contributed by atoms with Crippen LogP contribution in [0.25, 0.3) is 6.08 Å². The molecule has 1 aromatic heterocycles. The minimum atomic E-state index is -0.802. The Kier molecular flexibility index (Phi) is 7.82. The van der Waals surface area contributed by atoms with E-state index < -0.39 is 18.5 Å². The largest absolute Gasteiger partial charge is 0.451 e. The number of amides is 1. The van der Waals surface area contributed by atoms with Gasteiger partial charge in [-0.2, -0.15) is 5.26 Å². The molecule has 0 aromatic carbocycles. The van der Waals surface area contributed by atoms with E-state index >= 15 is 0 Å². The zero-order valence-electron chi connectivity index (χ0n) is 17.1. The minimum Gasteiger partial charge on any atom is -0.451 e. The topological polar surface area (TPSA) is 93.3 Å². The predicted molar refractivity (Wildman–Crippen MR) is 105 cm³/mol. The fourth-order valence-corrected chi connectivity index (χ4v) is 3.21. The average molecular weight is 387 g/mol. The number of carbonyl (C=O) groups is 2. The van der Waals surface area contributed by atoms with Crippen LogP contribution in [-0.4, -0.2) is 42.3 Å². The van der Waals surface area contributed by atoms with Gasteiger partial charge in [0, 0.05) is 31.1 Å². The monoisotopic (exact) mass is 387 g/mol. The molecule has 0 saturated carbocycles. The Morgan fingerprint density at radius 2 is 2.21 bits per heavy atom. The summed E-state index contributed by atoms with van der Waals surface area (Å²) >= 11 is 0. The van der Waals surface area contributed by atoms with Crippen molar-refractivity contribution < 1.29 is 19.1 Å². The van der Waals surface area contributed by atoms with Crippen LogP contribution in [0.3, 0.4) is 0 Å². The number of esters is 1. The number of ether oxygens (including phenoxy) is 2. The van der Waals surface area contributed by atoms with E-state index in [-0.39, 0.29) is 11.7 Å². The van der Waals surface area contributed by atoms with Crippen molar-refractivity contribution in [3.63, 3.8) is 0 Å². The van der Waals surface area contributed by atoms with Gasteiger partial charge < -0.3 is 19.4 Å². The van der Waals surface area contributed by atoms with E-state index in [2.05, 4.69) is 23.7 Å².